The predicted octanol–water partition coefficient (Wildman–Crippen LogP) is 19.2. The summed E-state index contributed by atoms with van der Waals surface area (Å²) < 4.78 is 0. The Morgan fingerprint density at radius 1 is 0.103 bits per heavy atom. The summed E-state index contributed by atoms with van der Waals surface area (Å²) in [5.41, 5.74) is 15.0. The average Bonchev–Trinajstić information content (AvgIpc) is 3.40. The highest BCUT2D eigenvalue weighted by Crippen LogP contribution is 2.56. The fraction of sp³-hybridized carbons (Fsp3) is 0. The first kappa shape index (κ1) is 37.4. The van der Waals surface area contributed by atoms with Gasteiger partial charge in [-0.2, -0.15) is 0 Å². The van der Waals surface area contributed by atoms with Gasteiger partial charge in [0.25, 0.3) is 0 Å². The Balaban J connectivity index is 1.26. The lowest BCUT2D eigenvalue weighted by atomic mass is 9.77. The lowest BCUT2D eigenvalue weighted by molar-refractivity contribution is 1.63. The van der Waals surface area contributed by atoms with Gasteiger partial charge in [0.1, 0.15) is 0 Å². The van der Waals surface area contributed by atoms with Crippen LogP contribution in [0.4, 0.5) is 0 Å². The molecule has 7 aliphatic carbocycles. The van der Waals surface area contributed by atoms with E-state index < -0.39 is 0 Å². The Bertz CT molecular complexity index is 3690. The third-order valence-electron chi connectivity index (χ3n) is 15.2. The third kappa shape index (κ3) is 5.04. The molecule has 0 unspecified atom stereocenters. The summed E-state index contributed by atoms with van der Waals surface area (Å²) in [6, 6.07) is 91.7. The maximum absolute atomic E-state index is 2.36. The van der Waals surface area contributed by atoms with Gasteiger partial charge in [0.15, 0.2) is 0 Å². The number of rotatable bonds is 0. The number of hydrogen-bond acceptors (Lipinski definition) is 0. The van der Waals surface area contributed by atoms with Crippen molar-refractivity contribution >= 4 is 86.2 Å². The van der Waals surface area contributed by atoms with E-state index in [1.54, 1.807) is 0 Å². The van der Waals surface area contributed by atoms with E-state index in [1.165, 1.54) is 153 Å². The van der Waals surface area contributed by atoms with Crippen molar-refractivity contribution in [2.45, 2.75) is 0 Å². The first-order valence-electron chi connectivity index (χ1n) is 23.8. The number of hydrogen-bond donors (Lipinski definition) is 0. The molecule has 14 aromatic rings. The zero-order chi connectivity index (χ0) is 44.5. The summed E-state index contributed by atoms with van der Waals surface area (Å²) in [5.74, 6) is 0. The highest BCUT2D eigenvalue weighted by atomic mass is 14.3. The van der Waals surface area contributed by atoms with Crippen LogP contribution in [0, 0.1) is 0 Å². The Morgan fingerprint density at radius 2 is 0.206 bits per heavy atom. The SMILES string of the molecule is c1ccc2c(c1)-c1c3ccccc3c(c3ccccc13)-c1c3ccccc3c(c3ccccc13)-c1ccccc1-c1c3ccccc3c(c3ccccc13)-c1c3ccccc3c-2c2ccccc12. The smallest absolute Gasteiger partial charge is 0.00139 e. The van der Waals surface area contributed by atoms with E-state index >= 15 is 0 Å². The van der Waals surface area contributed by atoms with E-state index in [1.807, 2.05) is 0 Å². The van der Waals surface area contributed by atoms with Gasteiger partial charge in [-0.25, -0.2) is 0 Å². The number of benzene rings is 14. The van der Waals surface area contributed by atoms with Gasteiger partial charge < -0.3 is 0 Å². The van der Waals surface area contributed by atoms with Crippen LogP contribution in [0.2, 0.25) is 0 Å². The fourth-order valence-electron chi connectivity index (χ4n) is 12.6. The quantitative estimate of drug-likeness (QED) is 0.133. The van der Waals surface area contributed by atoms with Crippen molar-refractivity contribution in [2.75, 3.05) is 0 Å². The van der Waals surface area contributed by atoms with E-state index in [0.717, 1.165) is 0 Å². The van der Waals surface area contributed by atoms with Crippen LogP contribution in [0.25, 0.3) is 153 Å². The van der Waals surface area contributed by atoms with Crippen molar-refractivity contribution in [1.82, 2.24) is 0 Å². The van der Waals surface area contributed by atoms with Crippen molar-refractivity contribution in [2.24, 2.45) is 0 Å². The van der Waals surface area contributed by atoms with Crippen LogP contribution in [0.3, 0.4) is 0 Å². The molecule has 21 rings (SSSR count). The zero-order valence-corrected chi connectivity index (χ0v) is 37.1. The molecule has 0 fully saturated rings. The monoisotopic (exact) mass is 856 g/mol. The van der Waals surface area contributed by atoms with Crippen molar-refractivity contribution in [1.29, 1.82) is 0 Å². The highest BCUT2D eigenvalue weighted by molar-refractivity contribution is 6.34. The van der Waals surface area contributed by atoms with Crippen LogP contribution in [0.1, 0.15) is 0 Å². The molecule has 0 aromatic heterocycles. The largest absolute Gasteiger partial charge is 0.0616 e. The maximum atomic E-state index is 2.36. The third-order valence-corrected chi connectivity index (χ3v) is 15.2. The molecule has 0 amide bonds. The standard InChI is InChI=1S/C68H40/c1-2-22-42-41(21-1)61-45-25-5-13-33-53(45)65(54-34-14-6-26-46(54)61)67-57-37-17-9-29-49(57)63(50-30-10-18-38-58(50)67)43-23-3-4-24-44(43)64-51-31-11-19-39-59(51)68(60-40-20-12-32-52(60)64)66-55-35-15-7-27-47(55)62(42)48-28-8-16-36-56(48)66/h1-40H. The Hall–Kier alpha value is -8.84. The Morgan fingerprint density at radius 3 is 0.338 bits per heavy atom. The van der Waals surface area contributed by atoms with E-state index in [2.05, 4.69) is 243 Å². The van der Waals surface area contributed by atoms with Gasteiger partial charge in [-0.1, -0.05) is 243 Å². The summed E-state index contributed by atoms with van der Waals surface area (Å²) in [6.45, 7) is 0. The van der Waals surface area contributed by atoms with Crippen molar-refractivity contribution < 1.29 is 0 Å². The van der Waals surface area contributed by atoms with Crippen molar-refractivity contribution in [3.8, 4) is 66.8 Å². The van der Waals surface area contributed by atoms with Crippen LogP contribution in [0.5, 0.6) is 0 Å². The van der Waals surface area contributed by atoms with Gasteiger partial charge in [-0.3, -0.25) is 0 Å². The molecule has 8 bridgehead atoms. The molecule has 0 aliphatic heterocycles. The molecule has 0 spiro atoms. The molecule has 0 atom stereocenters. The lowest BCUT2D eigenvalue weighted by Gasteiger charge is -2.26. The molecule has 14 aromatic carbocycles. The molecule has 68 heavy (non-hydrogen) atoms. The first-order valence-corrected chi connectivity index (χ1v) is 23.8. The van der Waals surface area contributed by atoms with Crippen LogP contribution in [0.15, 0.2) is 243 Å². The first-order chi connectivity index (χ1) is 33.8. The second-order valence-electron chi connectivity index (χ2n) is 18.5. The second-order valence-corrected chi connectivity index (χ2v) is 18.5. The van der Waals surface area contributed by atoms with Gasteiger partial charge in [-0.05, 0) is 153 Å². The minimum Gasteiger partial charge on any atom is -0.0616 e. The molecule has 0 saturated carbocycles. The van der Waals surface area contributed by atoms with Crippen LogP contribution < -0.4 is 0 Å². The van der Waals surface area contributed by atoms with Crippen LogP contribution in [-0.2, 0) is 0 Å². The van der Waals surface area contributed by atoms with Gasteiger partial charge in [0.2, 0.25) is 0 Å². The van der Waals surface area contributed by atoms with Crippen molar-refractivity contribution in [3.63, 3.8) is 0 Å². The molecule has 0 heterocycles. The highest BCUT2D eigenvalue weighted by Gasteiger charge is 2.28. The fourth-order valence-corrected chi connectivity index (χ4v) is 12.6. The van der Waals surface area contributed by atoms with Gasteiger partial charge in [-0.15, -0.1) is 0 Å². The topological polar surface area (TPSA) is 0 Å². The Kier molecular flexibility index (Phi) is 7.88. The minimum atomic E-state index is 1.23. The van der Waals surface area contributed by atoms with E-state index in [-0.39, 0.29) is 0 Å². The minimum absolute atomic E-state index is 1.23. The summed E-state index contributed by atoms with van der Waals surface area (Å²) >= 11 is 0. The van der Waals surface area contributed by atoms with E-state index in [4.69, 9.17) is 0 Å². The Labute approximate surface area is 393 Å². The normalized spacial score (nSPS) is 12.1. The lowest BCUT2D eigenvalue weighted by Crippen LogP contribution is -1.98. The average molecular weight is 857 g/mol. The maximum Gasteiger partial charge on any atom is -0.00139 e. The molecule has 0 saturated heterocycles. The predicted molar refractivity (Wildman–Crippen MR) is 293 cm³/mol. The summed E-state index contributed by atoms with van der Waals surface area (Å²) in [4.78, 5) is 0. The van der Waals surface area contributed by atoms with Gasteiger partial charge in [0.05, 0.1) is 0 Å². The van der Waals surface area contributed by atoms with Crippen molar-refractivity contribution in [3.05, 3.63) is 243 Å². The second kappa shape index (κ2) is 14.3. The molecule has 0 radical (unpaired) electrons. The van der Waals surface area contributed by atoms with Crippen LogP contribution in [-0.4, -0.2) is 0 Å². The molecule has 0 N–H and O–H groups in total. The summed E-state index contributed by atoms with van der Waals surface area (Å²) in [7, 11) is 0. The molecule has 312 valence electrons. The molecule has 7 aliphatic rings. The molecular weight excluding hydrogens is 817 g/mol. The summed E-state index contributed by atoms with van der Waals surface area (Å²) in [6.07, 6.45) is 0. The van der Waals surface area contributed by atoms with E-state index in [0.29, 0.717) is 0 Å². The molecule has 0 heteroatoms. The van der Waals surface area contributed by atoms with Gasteiger partial charge in [0, 0.05) is 0 Å². The molecule has 0 nitrogen and oxygen atoms in total. The molecular formula is C68H40. The van der Waals surface area contributed by atoms with E-state index in [9.17, 15) is 0 Å². The van der Waals surface area contributed by atoms with Crippen LogP contribution >= 0.6 is 0 Å². The summed E-state index contributed by atoms with van der Waals surface area (Å²) in [5, 5.41) is 19.9. The zero-order valence-electron chi connectivity index (χ0n) is 37.1. The van der Waals surface area contributed by atoms with Gasteiger partial charge >= 0.3 is 0 Å².